The molecule has 2 N–H and O–H groups in total. The van der Waals surface area contributed by atoms with E-state index in [2.05, 4.69) is 10.3 Å². The maximum atomic E-state index is 12.1. The standard InChI is InChI=1S/C20H18N2O5/c23-19(21-14-6-7-17-18(11-14)26-9-3-8-25-17)12-27-20(24)16-10-13-4-1-2-5-15(13)22-16/h1-2,4-7,10-11,22H,3,8-9,12H2,(H,21,23). The zero-order chi connectivity index (χ0) is 18.6. The number of rotatable bonds is 4. The van der Waals surface area contributed by atoms with Crippen molar-refractivity contribution < 1.29 is 23.8 Å². The van der Waals surface area contributed by atoms with Gasteiger partial charge in [0.25, 0.3) is 5.91 Å². The minimum atomic E-state index is -0.583. The lowest BCUT2D eigenvalue weighted by atomic mass is 10.2. The molecule has 0 aliphatic carbocycles. The first kappa shape index (κ1) is 17.0. The Kier molecular flexibility index (Phi) is 4.65. The first-order valence-corrected chi connectivity index (χ1v) is 8.63. The Labute approximate surface area is 155 Å². The Hall–Kier alpha value is -3.48. The van der Waals surface area contributed by atoms with Crippen LogP contribution in [0.3, 0.4) is 0 Å². The fraction of sp³-hybridized carbons (Fsp3) is 0.200. The quantitative estimate of drug-likeness (QED) is 0.693. The van der Waals surface area contributed by atoms with Gasteiger partial charge in [0.1, 0.15) is 5.69 Å². The molecule has 0 radical (unpaired) electrons. The summed E-state index contributed by atoms with van der Waals surface area (Å²) in [7, 11) is 0. The highest BCUT2D eigenvalue weighted by atomic mass is 16.5. The Morgan fingerprint density at radius 3 is 2.70 bits per heavy atom. The molecule has 0 unspecified atom stereocenters. The summed E-state index contributed by atoms with van der Waals surface area (Å²) < 4.78 is 16.2. The van der Waals surface area contributed by atoms with Crippen molar-refractivity contribution in [2.24, 2.45) is 0 Å². The van der Waals surface area contributed by atoms with E-state index in [-0.39, 0.29) is 6.61 Å². The largest absolute Gasteiger partial charge is 0.490 e. The third-order valence-corrected chi connectivity index (χ3v) is 4.12. The van der Waals surface area contributed by atoms with Crippen molar-refractivity contribution in [1.82, 2.24) is 4.98 Å². The molecule has 0 saturated heterocycles. The van der Waals surface area contributed by atoms with Crippen molar-refractivity contribution >= 4 is 28.5 Å². The normalized spacial score (nSPS) is 13.0. The molecule has 4 rings (SSSR count). The van der Waals surface area contributed by atoms with E-state index in [1.54, 1.807) is 24.3 Å². The van der Waals surface area contributed by atoms with Crippen LogP contribution >= 0.6 is 0 Å². The summed E-state index contributed by atoms with van der Waals surface area (Å²) in [6, 6.07) is 14.3. The minimum absolute atomic E-state index is 0.305. The zero-order valence-corrected chi connectivity index (χ0v) is 14.5. The molecule has 1 amide bonds. The number of benzene rings is 2. The first-order chi connectivity index (χ1) is 13.2. The molecule has 0 bridgehead atoms. The number of para-hydroxylation sites is 1. The van der Waals surface area contributed by atoms with Gasteiger partial charge in [-0.3, -0.25) is 4.79 Å². The topological polar surface area (TPSA) is 89.7 Å². The number of hydrogen-bond acceptors (Lipinski definition) is 5. The molecule has 138 valence electrons. The summed E-state index contributed by atoms with van der Waals surface area (Å²) >= 11 is 0. The number of carbonyl (C=O) groups is 2. The van der Waals surface area contributed by atoms with E-state index in [9.17, 15) is 9.59 Å². The van der Waals surface area contributed by atoms with Crippen molar-refractivity contribution in [3.05, 3.63) is 54.2 Å². The van der Waals surface area contributed by atoms with Crippen molar-refractivity contribution in [3.63, 3.8) is 0 Å². The molecule has 1 aliphatic heterocycles. The second-order valence-electron chi connectivity index (χ2n) is 6.11. The van der Waals surface area contributed by atoms with Crippen LogP contribution in [-0.4, -0.2) is 36.7 Å². The highest BCUT2D eigenvalue weighted by molar-refractivity contribution is 5.97. The molecule has 2 aromatic carbocycles. The number of ether oxygens (including phenoxy) is 3. The van der Waals surface area contributed by atoms with Crippen LogP contribution in [0.15, 0.2) is 48.5 Å². The Bertz CT molecular complexity index is 962. The highest BCUT2D eigenvalue weighted by Crippen LogP contribution is 2.32. The molecular formula is C20H18N2O5. The number of hydrogen-bond donors (Lipinski definition) is 2. The first-order valence-electron chi connectivity index (χ1n) is 8.63. The van der Waals surface area contributed by atoms with E-state index < -0.39 is 11.9 Å². The molecule has 1 aliphatic rings. The predicted octanol–water partition coefficient (Wildman–Crippen LogP) is 3.12. The molecule has 27 heavy (non-hydrogen) atoms. The Balaban J connectivity index is 1.35. The van der Waals surface area contributed by atoms with Gasteiger partial charge >= 0.3 is 5.97 Å². The summed E-state index contributed by atoms with van der Waals surface area (Å²) in [4.78, 5) is 27.2. The molecule has 0 fully saturated rings. The number of nitrogens with one attached hydrogen (secondary N) is 2. The fourth-order valence-electron chi connectivity index (χ4n) is 2.83. The van der Waals surface area contributed by atoms with Crippen LogP contribution in [0.4, 0.5) is 5.69 Å². The third kappa shape index (κ3) is 3.87. The number of aromatic nitrogens is 1. The lowest BCUT2D eigenvalue weighted by molar-refractivity contribution is -0.119. The van der Waals surface area contributed by atoms with Gasteiger partial charge in [-0.05, 0) is 24.3 Å². The molecule has 0 saturated carbocycles. The van der Waals surface area contributed by atoms with E-state index in [0.717, 1.165) is 17.3 Å². The smallest absolute Gasteiger partial charge is 0.355 e. The van der Waals surface area contributed by atoms with Gasteiger partial charge in [0.2, 0.25) is 0 Å². The molecule has 3 aromatic rings. The number of aromatic amines is 1. The van der Waals surface area contributed by atoms with Gasteiger partial charge in [-0.15, -0.1) is 0 Å². The summed E-state index contributed by atoms with van der Waals surface area (Å²) in [5.41, 5.74) is 1.69. The molecule has 2 heterocycles. The highest BCUT2D eigenvalue weighted by Gasteiger charge is 2.15. The molecule has 1 aromatic heterocycles. The summed E-state index contributed by atoms with van der Waals surface area (Å²) in [6.45, 7) is 0.775. The molecule has 0 atom stereocenters. The van der Waals surface area contributed by atoms with E-state index in [1.165, 1.54) is 0 Å². The average molecular weight is 366 g/mol. The maximum absolute atomic E-state index is 12.1. The molecular weight excluding hydrogens is 348 g/mol. The summed E-state index contributed by atoms with van der Waals surface area (Å²) in [6.07, 6.45) is 0.806. The third-order valence-electron chi connectivity index (χ3n) is 4.12. The van der Waals surface area contributed by atoms with Crippen LogP contribution in [0, 0.1) is 0 Å². The van der Waals surface area contributed by atoms with Crippen molar-refractivity contribution in [3.8, 4) is 11.5 Å². The van der Waals surface area contributed by atoms with Gasteiger partial charge in [0, 0.05) is 29.1 Å². The second kappa shape index (κ2) is 7.41. The summed E-state index contributed by atoms with van der Waals surface area (Å²) in [5, 5.41) is 3.59. The van der Waals surface area contributed by atoms with Crippen LogP contribution < -0.4 is 14.8 Å². The summed E-state index contributed by atoms with van der Waals surface area (Å²) in [5.74, 6) is 0.213. The lowest BCUT2D eigenvalue weighted by Crippen LogP contribution is -2.21. The van der Waals surface area contributed by atoms with Crippen molar-refractivity contribution in [1.29, 1.82) is 0 Å². The van der Waals surface area contributed by atoms with Gasteiger partial charge < -0.3 is 24.5 Å². The monoisotopic (exact) mass is 366 g/mol. The van der Waals surface area contributed by atoms with Gasteiger partial charge in [-0.1, -0.05) is 18.2 Å². The van der Waals surface area contributed by atoms with Crippen LogP contribution in [0.2, 0.25) is 0 Å². The number of H-pyrrole nitrogens is 1. The van der Waals surface area contributed by atoms with Gasteiger partial charge in [-0.25, -0.2) is 4.79 Å². The molecule has 0 spiro atoms. The van der Waals surface area contributed by atoms with E-state index >= 15 is 0 Å². The zero-order valence-electron chi connectivity index (χ0n) is 14.5. The number of amides is 1. The van der Waals surface area contributed by atoms with Gasteiger partial charge in [0.05, 0.1) is 13.2 Å². The maximum Gasteiger partial charge on any atom is 0.355 e. The number of fused-ring (bicyclic) bond motifs is 2. The number of anilines is 1. The fourth-order valence-corrected chi connectivity index (χ4v) is 2.83. The lowest BCUT2D eigenvalue weighted by Gasteiger charge is -2.10. The van der Waals surface area contributed by atoms with Gasteiger partial charge in [-0.2, -0.15) is 0 Å². The van der Waals surface area contributed by atoms with Crippen LogP contribution in [0.1, 0.15) is 16.9 Å². The molecule has 7 nitrogen and oxygen atoms in total. The minimum Gasteiger partial charge on any atom is -0.490 e. The van der Waals surface area contributed by atoms with Crippen molar-refractivity contribution in [2.45, 2.75) is 6.42 Å². The van der Waals surface area contributed by atoms with Gasteiger partial charge in [0.15, 0.2) is 18.1 Å². The molecule has 7 heteroatoms. The average Bonchev–Trinajstić information content (AvgIpc) is 2.98. The number of esters is 1. The van der Waals surface area contributed by atoms with E-state index in [4.69, 9.17) is 14.2 Å². The Morgan fingerprint density at radius 2 is 1.85 bits per heavy atom. The predicted molar refractivity (Wildman–Crippen MR) is 99.3 cm³/mol. The Morgan fingerprint density at radius 1 is 1.04 bits per heavy atom. The van der Waals surface area contributed by atoms with Crippen LogP contribution in [-0.2, 0) is 9.53 Å². The second-order valence-corrected chi connectivity index (χ2v) is 6.11. The SMILES string of the molecule is O=C(COC(=O)c1cc2ccccc2[nH]1)Nc1ccc2c(c1)OCCCO2. The van der Waals surface area contributed by atoms with Crippen LogP contribution in [0.25, 0.3) is 10.9 Å². The van der Waals surface area contributed by atoms with E-state index in [1.807, 2.05) is 24.3 Å². The van der Waals surface area contributed by atoms with Crippen molar-refractivity contribution in [2.75, 3.05) is 25.1 Å². The van der Waals surface area contributed by atoms with E-state index in [0.29, 0.717) is 36.1 Å². The van der Waals surface area contributed by atoms with Crippen LogP contribution in [0.5, 0.6) is 11.5 Å². The number of carbonyl (C=O) groups excluding carboxylic acids is 2.